The molecule has 10 heteroatoms. The minimum Gasteiger partial charge on any atom is -0.493 e. The van der Waals surface area contributed by atoms with Gasteiger partial charge in [-0.3, -0.25) is 4.98 Å². The van der Waals surface area contributed by atoms with Crippen molar-refractivity contribution >= 4 is 15.8 Å². The third kappa shape index (κ3) is 4.30. The smallest absolute Gasteiger partial charge is 0.243 e. The maximum Gasteiger partial charge on any atom is 0.243 e. The van der Waals surface area contributed by atoms with Crippen LogP contribution in [0.15, 0.2) is 59.8 Å². The van der Waals surface area contributed by atoms with Crippen LogP contribution in [0.1, 0.15) is 0 Å². The average molecular weight is 442 g/mol. The number of hydrogen-bond acceptors (Lipinski definition) is 8. The van der Waals surface area contributed by atoms with Crippen LogP contribution >= 0.6 is 0 Å². The number of nitrogens with zero attached hydrogens (tertiary/aromatic N) is 5. The standard InChI is InChI=1S/C21H23N5O4S/c1-29-19-5-3-17(15-20(19)30-2)31(27,28)26-13-11-25(12-14-26)21-6-4-18(23-24-21)16-7-9-22-10-8-16/h3-10,15H,11-14H2,1-2H3. The van der Waals surface area contributed by atoms with E-state index >= 15 is 0 Å². The topological polar surface area (TPSA) is 97.8 Å². The van der Waals surface area contributed by atoms with E-state index < -0.39 is 10.0 Å². The highest BCUT2D eigenvalue weighted by atomic mass is 32.2. The summed E-state index contributed by atoms with van der Waals surface area (Å²) in [5, 5.41) is 8.62. The van der Waals surface area contributed by atoms with Crippen molar-refractivity contribution in [3.8, 4) is 22.8 Å². The Labute approximate surface area is 181 Å². The zero-order valence-electron chi connectivity index (χ0n) is 17.3. The number of ether oxygens (including phenoxy) is 2. The van der Waals surface area contributed by atoms with Crippen LogP contribution in [0.2, 0.25) is 0 Å². The van der Waals surface area contributed by atoms with Gasteiger partial charge in [0.05, 0.1) is 24.8 Å². The van der Waals surface area contributed by atoms with Gasteiger partial charge in [0, 0.05) is 50.2 Å². The fraction of sp³-hybridized carbons (Fsp3) is 0.286. The summed E-state index contributed by atoms with van der Waals surface area (Å²) in [6, 6.07) is 12.2. The summed E-state index contributed by atoms with van der Waals surface area (Å²) < 4.78 is 38.1. The van der Waals surface area contributed by atoms with E-state index in [1.807, 2.05) is 29.2 Å². The van der Waals surface area contributed by atoms with Gasteiger partial charge < -0.3 is 14.4 Å². The number of sulfonamides is 1. The largest absolute Gasteiger partial charge is 0.493 e. The summed E-state index contributed by atoms with van der Waals surface area (Å²) in [6.45, 7) is 1.75. The molecule has 0 spiro atoms. The van der Waals surface area contributed by atoms with E-state index in [-0.39, 0.29) is 4.90 Å². The van der Waals surface area contributed by atoms with Crippen molar-refractivity contribution in [3.63, 3.8) is 0 Å². The summed E-state index contributed by atoms with van der Waals surface area (Å²) in [5.41, 5.74) is 1.71. The molecule has 3 aromatic rings. The Hall–Kier alpha value is -3.24. The third-order valence-electron chi connectivity index (χ3n) is 5.18. The monoisotopic (exact) mass is 441 g/mol. The SMILES string of the molecule is COc1ccc(S(=O)(=O)N2CCN(c3ccc(-c4ccncc4)nn3)CC2)cc1OC. The number of hydrogen-bond donors (Lipinski definition) is 0. The van der Waals surface area contributed by atoms with E-state index in [0.29, 0.717) is 37.7 Å². The van der Waals surface area contributed by atoms with Gasteiger partial charge in [0.1, 0.15) is 0 Å². The molecule has 1 aliphatic rings. The van der Waals surface area contributed by atoms with Gasteiger partial charge in [0.2, 0.25) is 10.0 Å². The van der Waals surface area contributed by atoms with E-state index in [4.69, 9.17) is 9.47 Å². The number of pyridine rings is 1. The maximum absolute atomic E-state index is 13.1. The van der Waals surface area contributed by atoms with Gasteiger partial charge in [0.25, 0.3) is 0 Å². The van der Waals surface area contributed by atoms with E-state index in [2.05, 4.69) is 15.2 Å². The van der Waals surface area contributed by atoms with Crippen molar-refractivity contribution in [3.05, 3.63) is 54.9 Å². The lowest BCUT2D eigenvalue weighted by molar-refractivity contribution is 0.353. The van der Waals surface area contributed by atoms with Crippen LogP contribution in [-0.2, 0) is 10.0 Å². The van der Waals surface area contributed by atoms with Gasteiger partial charge in [-0.05, 0) is 36.4 Å². The van der Waals surface area contributed by atoms with E-state index in [0.717, 1.165) is 17.1 Å². The van der Waals surface area contributed by atoms with Crippen LogP contribution in [0.25, 0.3) is 11.3 Å². The molecular weight excluding hydrogens is 418 g/mol. The number of rotatable bonds is 6. The molecule has 3 heterocycles. The van der Waals surface area contributed by atoms with Gasteiger partial charge in [-0.25, -0.2) is 8.42 Å². The number of piperazine rings is 1. The molecule has 9 nitrogen and oxygen atoms in total. The Kier molecular flexibility index (Phi) is 6.01. The normalized spacial score (nSPS) is 15.0. The van der Waals surface area contributed by atoms with Crippen LogP contribution < -0.4 is 14.4 Å². The van der Waals surface area contributed by atoms with Crippen molar-refractivity contribution in [2.24, 2.45) is 0 Å². The fourth-order valence-corrected chi connectivity index (χ4v) is 4.89. The van der Waals surface area contributed by atoms with Crippen LogP contribution in [0.4, 0.5) is 5.82 Å². The van der Waals surface area contributed by atoms with Crippen LogP contribution in [-0.4, -0.2) is 68.3 Å². The van der Waals surface area contributed by atoms with Crippen molar-refractivity contribution in [2.45, 2.75) is 4.90 Å². The molecule has 2 aromatic heterocycles. The summed E-state index contributed by atoms with van der Waals surface area (Å²) in [4.78, 5) is 6.22. The fourth-order valence-electron chi connectivity index (χ4n) is 3.45. The predicted molar refractivity (Wildman–Crippen MR) is 116 cm³/mol. The number of benzene rings is 1. The number of aromatic nitrogens is 3. The maximum atomic E-state index is 13.1. The molecule has 0 atom stereocenters. The Balaban J connectivity index is 1.44. The lowest BCUT2D eigenvalue weighted by Crippen LogP contribution is -2.49. The zero-order chi connectivity index (χ0) is 21.8. The second kappa shape index (κ2) is 8.86. The molecule has 0 aliphatic carbocycles. The highest BCUT2D eigenvalue weighted by Crippen LogP contribution is 2.31. The molecule has 0 saturated carbocycles. The third-order valence-corrected chi connectivity index (χ3v) is 7.08. The molecule has 4 rings (SSSR count). The summed E-state index contributed by atoms with van der Waals surface area (Å²) in [6.07, 6.45) is 3.42. The summed E-state index contributed by atoms with van der Waals surface area (Å²) >= 11 is 0. The van der Waals surface area contributed by atoms with E-state index in [9.17, 15) is 8.42 Å². The molecule has 0 unspecified atom stereocenters. The molecule has 1 fully saturated rings. The second-order valence-corrected chi connectivity index (χ2v) is 8.86. The summed E-state index contributed by atoms with van der Waals surface area (Å²) in [5.74, 6) is 1.59. The van der Waals surface area contributed by atoms with Crippen LogP contribution in [0.3, 0.4) is 0 Å². The molecule has 1 saturated heterocycles. The quantitative estimate of drug-likeness (QED) is 0.573. The van der Waals surface area contributed by atoms with Crippen LogP contribution in [0.5, 0.6) is 11.5 Å². The van der Waals surface area contributed by atoms with Crippen molar-refractivity contribution in [2.75, 3.05) is 45.3 Å². The van der Waals surface area contributed by atoms with Gasteiger partial charge in [-0.1, -0.05) is 0 Å². The Morgan fingerprint density at radius 2 is 1.55 bits per heavy atom. The first kappa shape index (κ1) is 21.0. The van der Waals surface area contributed by atoms with Gasteiger partial charge in [-0.2, -0.15) is 4.31 Å². The van der Waals surface area contributed by atoms with Crippen molar-refractivity contribution in [1.29, 1.82) is 0 Å². The van der Waals surface area contributed by atoms with Crippen LogP contribution in [0, 0.1) is 0 Å². The first-order chi connectivity index (χ1) is 15.0. The minimum absolute atomic E-state index is 0.181. The van der Waals surface area contributed by atoms with Gasteiger partial charge in [0.15, 0.2) is 17.3 Å². The van der Waals surface area contributed by atoms with E-state index in [1.165, 1.54) is 30.7 Å². The molecule has 0 N–H and O–H groups in total. The molecular formula is C21H23N5O4S. The lowest BCUT2D eigenvalue weighted by atomic mass is 10.2. The minimum atomic E-state index is -3.64. The van der Waals surface area contributed by atoms with Gasteiger partial charge >= 0.3 is 0 Å². The summed E-state index contributed by atoms with van der Waals surface area (Å²) in [7, 11) is -0.647. The first-order valence-electron chi connectivity index (χ1n) is 9.74. The second-order valence-electron chi connectivity index (χ2n) is 6.92. The Morgan fingerprint density at radius 1 is 0.839 bits per heavy atom. The number of methoxy groups -OCH3 is 2. The molecule has 1 aliphatic heterocycles. The highest BCUT2D eigenvalue weighted by molar-refractivity contribution is 7.89. The molecule has 1 aromatic carbocycles. The van der Waals surface area contributed by atoms with Crippen molar-refractivity contribution in [1.82, 2.24) is 19.5 Å². The lowest BCUT2D eigenvalue weighted by Gasteiger charge is -2.34. The molecule has 0 amide bonds. The predicted octanol–water partition coefficient (Wildman–Crippen LogP) is 2.07. The van der Waals surface area contributed by atoms with E-state index in [1.54, 1.807) is 18.5 Å². The highest BCUT2D eigenvalue weighted by Gasteiger charge is 2.29. The zero-order valence-corrected chi connectivity index (χ0v) is 18.1. The molecule has 0 radical (unpaired) electrons. The average Bonchev–Trinajstić information content (AvgIpc) is 2.84. The molecule has 31 heavy (non-hydrogen) atoms. The molecule has 0 bridgehead atoms. The number of anilines is 1. The molecule has 162 valence electrons. The Morgan fingerprint density at radius 3 is 2.16 bits per heavy atom. The Bertz CT molecular complexity index is 1130. The van der Waals surface area contributed by atoms with Gasteiger partial charge in [-0.15, -0.1) is 10.2 Å². The van der Waals surface area contributed by atoms with Crippen molar-refractivity contribution < 1.29 is 17.9 Å². The first-order valence-corrected chi connectivity index (χ1v) is 11.2.